The highest BCUT2D eigenvalue weighted by Gasteiger charge is 2.23. The lowest BCUT2D eigenvalue weighted by molar-refractivity contribution is 0.103. The zero-order valence-corrected chi connectivity index (χ0v) is 15.8. The normalized spacial score (nSPS) is 16.8. The molecule has 0 amide bonds. The van der Waals surface area contributed by atoms with Crippen LogP contribution in [-0.2, 0) is 0 Å². The van der Waals surface area contributed by atoms with Crippen LogP contribution in [0.3, 0.4) is 0 Å². The highest BCUT2D eigenvalue weighted by Crippen LogP contribution is 2.24. The van der Waals surface area contributed by atoms with Crippen LogP contribution in [0.15, 0.2) is 60.8 Å². The van der Waals surface area contributed by atoms with Crippen molar-refractivity contribution in [3.05, 3.63) is 83.2 Å². The summed E-state index contributed by atoms with van der Waals surface area (Å²) in [4.78, 5) is 23.9. The molecule has 1 aliphatic rings. The summed E-state index contributed by atoms with van der Waals surface area (Å²) in [5, 5.41) is 3.56. The molecule has 1 unspecified atom stereocenters. The van der Waals surface area contributed by atoms with E-state index in [1.165, 1.54) is 5.56 Å². The Labute approximate surface area is 164 Å². The van der Waals surface area contributed by atoms with E-state index in [0.717, 1.165) is 31.0 Å². The minimum absolute atomic E-state index is 0.195. The molecular formula is C22H23N5O. The Morgan fingerprint density at radius 2 is 1.96 bits per heavy atom. The van der Waals surface area contributed by atoms with Gasteiger partial charge in [-0.1, -0.05) is 36.4 Å². The molecule has 6 nitrogen and oxygen atoms in total. The van der Waals surface area contributed by atoms with Gasteiger partial charge >= 0.3 is 0 Å². The fraction of sp³-hybridized carbons (Fsp3) is 0.227. The molecule has 0 spiro atoms. The quantitative estimate of drug-likeness (QED) is 0.684. The van der Waals surface area contributed by atoms with Gasteiger partial charge in [0.1, 0.15) is 17.3 Å². The predicted octanol–water partition coefficient (Wildman–Crippen LogP) is 2.75. The van der Waals surface area contributed by atoms with Crippen molar-refractivity contribution in [2.75, 3.05) is 30.3 Å². The van der Waals surface area contributed by atoms with E-state index in [0.29, 0.717) is 11.3 Å². The second kappa shape index (κ2) is 7.78. The first-order valence-electron chi connectivity index (χ1n) is 9.39. The molecule has 3 heterocycles. The summed E-state index contributed by atoms with van der Waals surface area (Å²) in [5.74, 6) is 0.837. The molecule has 2 aromatic heterocycles. The number of rotatable bonds is 4. The first-order chi connectivity index (χ1) is 13.6. The van der Waals surface area contributed by atoms with Crippen molar-refractivity contribution in [2.45, 2.75) is 13.0 Å². The maximum absolute atomic E-state index is 13.0. The minimum Gasteiger partial charge on any atom is -0.383 e. The number of hydrogen-bond donors (Lipinski definition) is 2. The first kappa shape index (κ1) is 18.1. The number of carbonyl (C=O) groups is 1. The highest BCUT2D eigenvalue weighted by molar-refractivity contribution is 6.11. The molecular weight excluding hydrogens is 350 g/mol. The summed E-state index contributed by atoms with van der Waals surface area (Å²) < 4.78 is 0. The maximum atomic E-state index is 13.0. The van der Waals surface area contributed by atoms with Gasteiger partial charge in [0.05, 0.1) is 5.56 Å². The van der Waals surface area contributed by atoms with E-state index in [1.54, 1.807) is 18.3 Å². The number of aryl methyl sites for hydroxylation is 1. The number of pyridine rings is 2. The zero-order valence-electron chi connectivity index (χ0n) is 15.8. The van der Waals surface area contributed by atoms with Crippen molar-refractivity contribution in [3.8, 4) is 0 Å². The van der Waals surface area contributed by atoms with Gasteiger partial charge in [-0.3, -0.25) is 4.79 Å². The van der Waals surface area contributed by atoms with Crippen molar-refractivity contribution in [2.24, 2.45) is 0 Å². The van der Waals surface area contributed by atoms with Gasteiger partial charge in [-0.15, -0.1) is 0 Å². The van der Waals surface area contributed by atoms with Crippen molar-refractivity contribution in [3.63, 3.8) is 0 Å². The van der Waals surface area contributed by atoms with Gasteiger partial charge in [-0.25, -0.2) is 9.97 Å². The van der Waals surface area contributed by atoms with Crippen molar-refractivity contribution < 1.29 is 4.79 Å². The molecule has 1 aromatic carbocycles. The van der Waals surface area contributed by atoms with Gasteiger partial charge in [0.15, 0.2) is 0 Å². The van der Waals surface area contributed by atoms with Gasteiger partial charge in [-0.2, -0.15) is 0 Å². The van der Waals surface area contributed by atoms with Gasteiger partial charge in [0.2, 0.25) is 5.78 Å². The van der Waals surface area contributed by atoms with Crippen LogP contribution in [-0.4, -0.2) is 35.4 Å². The molecule has 142 valence electrons. The summed E-state index contributed by atoms with van der Waals surface area (Å²) in [5.41, 5.74) is 8.78. The second-order valence-electron chi connectivity index (χ2n) is 6.96. The average Bonchev–Trinajstić information content (AvgIpc) is 2.75. The largest absolute Gasteiger partial charge is 0.383 e. The van der Waals surface area contributed by atoms with Crippen LogP contribution in [0, 0.1) is 6.92 Å². The predicted molar refractivity (Wildman–Crippen MR) is 110 cm³/mol. The molecule has 4 rings (SSSR count). The number of nitrogens with one attached hydrogen (secondary N) is 1. The van der Waals surface area contributed by atoms with E-state index in [2.05, 4.69) is 39.5 Å². The Morgan fingerprint density at radius 3 is 2.75 bits per heavy atom. The SMILES string of the molecule is Cc1ccc(N2CCNC(c3ccccc3)C2)nc1C(=O)c1cccnc1N. The lowest BCUT2D eigenvalue weighted by Crippen LogP contribution is -2.46. The molecule has 3 N–H and O–H groups in total. The number of anilines is 2. The number of carbonyl (C=O) groups excluding carboxylic acids is 1. The number of benzene rings is 1. The van der Waals surface area contributed by atoms with E-state index in [4.69, 9.17) is 10.7 Å². The number of nitrogens with zero attached hydrogens (tertiary/aromatic N) is 3. The number of nitrogen functional groups attached to an aromatic ring is 1. The summed E-state index contributed by atoms with van der Waals surface area (Å²) in [6, 6.07) is 17.9. The lowest BCUT2D eigenvalue weighted by Gasteiger charge is -2.35. The molecule has 1 saturated heterocycles. The smallest absolute Gasteiger partial charge is 0.215 e. The molecule has 0 bridgehead atoms. The van der Waals surface area contributed by atoms with Gasteiger partial charge in [0, 0.05) is 31.9 Å². The Bertz CT molecular complexity index is 989. The summed E-state index contributed by atoms with van der Waals surface area (Å²) >= 11 is 0. The molecule has 3 aromatic rings. The average molecular weight is 373 g/mol. The molecule has 0 aliphatic carbocycles. The van der Waals surface area contributed by atoms with Crippen LogP contribution < -0.4 is 16.0 Å². The van der Waals surface area contributed by atoms with E-state index < -0.39 is 0 Å². The fourth-order valence-corrected chi connectivity index (χ4v) is 3.53. The summed E-state index contributed by atoms with van der Waals surface area (Å²) in [6.07, 6.45) is 1.58. The van der Waals surface area contributed by atoms with Crippen molar-refractivity contribution in [1.82, 2.24) is 15.3 Å². The molecule has 1 atom stereocenters. The van der Waals surface area contributed by atoms with Crippen molar-refractivity contribution in [1.29, 1.82) is 0 Å². The van der Waals surface area contributed by atoms with E-state index >= 15 is 0 Å². The monoisotopic (exact) mass is 373 g/mol. The third kappa shape index (κ3) is 3.59. The lowest BCUT2D eigenvalue weighted by atomic mass is 10.0. The van der Waals surface area contributed by atoms with Crippen LogP contribution >= 0.6 is 0 Å². The van der Waals surface area contributed by atoms with Crippen molar-refractivity contribution >= 4 is 17.4 Å². The minimum atomic E-state index is -0.195. The second-order valence-corrected chi connectivity index (χ2v) is 6.96. The summed E-state index contributed by atoms with van der Waals surface area (Å²) in [6.45, 7) is 4.37. The Morgan fingerprint density at radius 1 is 1.14 bits per heavy atom. The Balaban J connectivity index is 1.62. The zero-order chi connectivity index (χ0) is 19.5. The first-order valence-corrected chi connectivity index (χ1v) is 9.39. The van der Waals surface area contributed by atoms with Gasteiger partial charge in [-0.05, 0) is 36.2 Å². The number of hydrogen-bond acceptors (Lipinski definition) is 6. The van der Waals surface area contributed by atoms with E-state index in [1.807, 2.05) is 25.1 Å². The highest BCUT2D eigenvalue weighted by atomic mass is 16.1. The third-order valence-corrected chi connectivity index (χ3v) is 5.08. The fourth-order valence-electron chi connectivity index (χ4n) is 3.53. The number of aromatic nitrogens is 2. The van der Waals surface area contributed by atoms with Crippen LogP contribution in [0.4, 0.5) is 11.6 Å². The molecule has 0 radical (unpaired) electrons. The van der Waals surface area contributed by atoms with E-state index in [-0.39, 0.29) is 17.6 Å². The molecule has 28 heavy (non-hydrogen) atoms. The molecule has 6 heteroatoms. The van der Waals surface area contributed by atoms with Gasteiger partial charge in [0.25, 0.3) is 0 Å². The topological polar surface area (TPSA) is 84.1 Å². The number of ketones is 1. The van der Waals surface area contributed by atoms with Crippen LogP contribution in [0.2, 0.25) is 0 Å². The third-order valence-electron chi connectivity index (χ3n) is 5.08. The van der Waals surface area contributed by atoms with Gasteiger partial charge < -0.3 is 16.0 Å². The number of nitrogens with two attached hydrogens (primary N) is 1. The maximum Gasteiger partial charge on any atom is 0.215 e. The Kier molecular flexibility index (Phi) is 5.04. The Hall–Kier alpha value is -3.25. The van der Waals surface area contributed by atoms with E-state index in [9.17, 15) is 4.79 Å². The number of piperazine rings is 1. The molecule has 1 fully saturated rings. The standard InChI is InChI=1S/C22H23N5O/c1-15-9-10-19(26-20(15)21(28)17-8-5-11-25-22(17)23)27-13-12-24-18(14-27)16-6-3-2-4-7-16/h2-11,18,24H,12-14H2,1H3,(H2,23,25). The van der Waals surface area contributed by atoms with Crippen LogP contribution in [0.25, 0.3) is 0 Å². The summed E-state index contributed by atoms with van der Waals surface area (Å²) in [7, 11) is 0. The molecule has 0 saturated carbocycles. The van der Waals surface area contributed by atoms with Crippen LogP contribution in [0.1, 0.15) is 33.2 Å². The molecule has 1 aliphatic heterocycles. The van der Waals surface area contributed by atoms with Crippen LogP contribution in [0.5, 0.6) is 0 Å².